The Bertz CT molecular complexity index is 483. The third-order valence-electron chi connectivity index (χ3n) is 3.89. The number of ether oxygens (including phenoxy) is 1. The topological polar surface area (TPSA) is 70.0 Å². The summed E-state index contributed by atoms with van der Waals surface area (Å²) < 4.78 is 5.38. The van der Waals surface area contributed by atoms with Gasteiger partial charge >= 0.3 is 5.97 Å². The van der Waals surface area contributed by atoms with Crippen LogP contribution < -0.4 is 4.74 Å². The molecule has 5 heteroatoms. The zero-order valence-electron chi connectivity index (χ0n) is 12.4. The number of phenolic OH excluding ortho intramolecular Hbond substituents is 1. The molecule has 1 aliphatic rings. The van der Waals surface area contributed by atoms with Gasteiger partial charge in [-0.2, -0.15) is 0 Å². The molecule has 1 aromatic rings. The Kier molecular flexibility index (Phi) is 5.44. The quantitative estimate of drug-likeness (QED) is 0.808. The van der Waals surface area contributed by atoms with Gasteiger partial charge in [0, 0.05) is 12.6 Å². The molecule has 1 aromatic carbocycles. The van der Waals surface area contributed by atoms with E-state index in [9.17, 15) is 9.90 Å². The van der Waals surface area contributed by atoms with Crippen LogP contribution in [0, 0.1) is 0 Å². The number of phenols is 1. The Labute approximate surface area is 125 Å². The third kappa shape index (κ3) is 4.36. The minimum atomic E-state index is -0.800. The van der Waals surface area contributed by atoms with Gasteiger partial charge in [-0.25, -0.2) is 0 Å². The molecule has 0 bridgehead atoms. The van der Waals surface area contributed by atoms with Crippen molar-refractivity contribution in [3.8, 4) is 11.5 Å². The van der Waals surface area contributed by atoms with Crippen LogP contribution >= 0.6 is 0 Å². The third-order valence-corrected chi connectivity index (χ3v) is 3.89. The molecule has 2 rings (SSSR count). The summed E-state index contributed by atoms with van der Waals surface area (Å²) in [5, 5.41) is 18.8. The fourth-order valence-electron chi connectivity index (χ4n) is 2.92. The normalized spacial score (nSPS) is 15.5. The van der Waals surface area contributed by atoms with E-state index in [1.807, 2.05) is 17.9 Å². The highest BCUT2D eigenvalue weighted by molar-refractivity contribution is 5.69. The number of nitrogens with zero attached hydrogens (tertiary/aromatic N) is 1. The summed E-state index contributed by atoms with van der Waals surface area (Å²) in [6.07, 6.45) is 4.45. The second-order valence-electron chi connectivity index (χ2n) is 5.47. The molecule has 1 saturated carbocycles. The standard InChI is InChI=1S/C16H23NO4/c1-2-21-15-9-12(7-8-14(15)18)10-17(11-16(19)20)13-5-3-4-6-13/h7-9,13,18H,2-6,10-11H2,1H3,(H,19,20). The Hall–Kier alpha value is -1.75. The van der Waals surface area contributed by atoms with E-state index in [0.29, 0.717) is 24.9 Å². The van der Waals surface area contributed by atoms with Gasteiger partial charge in [0.15, 0.2) is 11.5 Å². The average Bonchev–Trinajstić information content (AvgIpc) is 2.95. The molecule has 5 nitrogen and oxygen atoms in total. The zero-order valence-corrected chi connectivity index (χ0v) is 12.4. The van der Waals surface area contributed by atoms with Crippen molar-refractivity contribution >= 4 is 5.97 Å². The number of aliphatic carboxylic acids is 1. The molecule has 0 spiro atoms. The summed E-state index contributed by atoms with van der Waals surface area (Å²) in [5.74, 6) is -0.228. The highest BCUT2D eigenvalue weighted by Gasteiger charge is 2.24. The molecule has 0 radical (unpaired) electrons. The van der Waals surface area contributed by atoms with E-state index in [1.54, 1.807) is 12.1 Å². The van der Waals surface area contributed by atoms with Crippen molar-refractivity contribution in [3.63, 3.8) is 0 Å². The molecule has 0 heterocycles. The predicted octanol–water partition coefficient (Wildman–Crippen LogP) is 2.62. The molecule has 0 amide bonds. The molecular formula is C16H23NO4. The summed E-state index contributed by atoms with van der Waals surface area (Å²) in [6.45, 7) is 2.96. The van der Waals surface area contributed by atoms with Gasteiger partial charge < -0.3 is 14.9 Å². The van der Waals surface area contributed by atoms with Crippen molar-refractivity contribution in [1.29, 1.82) is 0 Å². The highest BCUT2D eigenvalue weighted by Crippen LogP contribution is 2.29. The van der Waals surface area contributed by atoms with Gasteiger partial charge in [-0.15, -0.1) is 0 Å². The number of carboxylic acid groups (broad SMARTS) is 1. The minimum Gasteiger partial charge on any atom is -0.504 e. The van der Waals surface area contributed by atoms with Crippen LogP contribution in [0.3, 0.4) is 0 Å². The molecule has 2 N–H and O–H groups in total. The Morgan fingerprint density at radius 1 is 1.38 bits per heavy atom. The lowest BCUT2D eigenvalue weighted by Gasteiger charge is -2.27. The van der Waals surface area contributed by atoms with Crippen LogP contribution in [0.25, 0.3) is 0 Å². The van der Waals surface area contributed by atoms with Crippen molar-refractivity contribution in [2.75, 3.05) is 13.2 Å². The summed E-state index contributed by atoms with van der Waals surface area (Å²) in [4.78, 5) is 13.1. The Morgan fingerprint density at radius 3 is 2.71 bits per heavy atom. The van der Waals surface area contributed by atoms with Crippen LogP contribution in [0.4, 0.5) is 0 Å². The van der Waals surface area contributed by atoms with Crippen molar-refractivity contribution in [1.82, 2.24) is 4.90 Å². The van der Waals surface area contributed by atoms with Gasteiger partial charge in [-0.05, 0) is 37.5 Å². The van der Waals surface area contributed by atoms with Crippen LogP contribution in [-0.2, 0) is 11.3 Å². The number of hydrogen-bond donors (Lipinski definition) is 2. The largest absolute Gasteiger partial charge is 0.504 e. The van der Waals surface area contributed by atoms with Gasteiger partial charge in [-0.3, -0.25) is 9.69 Å². The lowest BCUT2D eigenvalue weighted by atomic mass is 10.1. The molecule has 1 aliphatic carbocycles. The van der Waals surface area contributed by atoms with Gasteiger partial charge in [0.05, 0.1) is 13.2 Å². The maximum Gasteiger partial charge on any atom is 0.317 e. The minimum absolute atomic E-state index is 0.0511. The smallest absolute Gasteiger partial charge is 0.317 e. The summed E-state index contributed by atoms with van der Waals surface area (Å²) in [5.41, 5.74) is 0.962. The van der Waals surface area contributed by atoms with Gasteiger partial charge in [0.25, 0.3) is 0 Å². The predicted molar refractivity (Wildman–Crippen MR) is 79.6 cm³/mol. The molecule has 116 valence electrons. The first-order valence-electron chi connectivity index (χ1n) is 7.50. The second-order valence-corrected chi connectivity index (χ2v) is 5.47. The van der Waals surface area contributed by atoms with Crippen molar-refractivity contribution in [3.05, 3.63) is 23.8 Å². The Balaban J connectivity index is 2.11. The first-order valence-corrected chi connectivity index (χ1v) is 7.50. The first kappa shape index (κ1) is 15.6. The lowest BCUT2D eigenvalue weighted by molar-refractivity contribution is -0.139. The Morgan fingerprint density at radius 2 is 2.10 bits per heavy atom. The molecule has 0 atom stereocenters. The number of rotatable bonds is 7. The second kappa shape index (κ2) is 7.31. The van der Waals surface area contributed by atoms with Crippen LogP contribution in [0.5, 0.6) is 11.5 Å². The van der Waals surface area contributed by atoms with E-state index >= 15 is 0 Å². The van der Waals surface area contributed by atoms with E-state index < -0.39 is 5.97 Å². The molecule has 0 unspecified atom stereocenters. The SMILES string of the molecule is CCOc1cc(CN(CC(=O)O)C2CCCC2)ccc1O. The number of hydrogen-bond acceptors (Lipinski definition) is 4. The van der Waals surface area contributed by atoms with Crippen molar-refractivity contribution < 1.29 is 19.7 Å². The molecule has 0 saturated heterocycles. The molecule has 0 aromatic heterocycles. The zero-order chi connectivity index (χ0) is 15.2. The number of aromatic hydroxyl groups is 1. The maximum atomic E-state index is 11.1. The van der Waals surface area contributed by atoms with Crippen LogP contribution in [0.1, 0.15) is 38.2 Å². The molecule has 1 fully saturated rings. The average molecular weight is 293 g/mol. The molecular weight excluding hydrogens is 270 g/mol. The van der Waals surface area contributed by atoms with Crippen molar-refractivity contribution in [2.24, 2.45) is 0 Å². The van der Waals surface area contributed by atoms with Crippen LogP contribution in [-0.4, -0.2) is 40.3 Å². The number of carboxylic acids is 1. The fourth-order valence-corrected chi connectivity index (χ4v) is 2.92. The number of benzene rings is 1. The van der Waals surface area contributed by atoms with E-state index in [-0.39, 0.29) is 12.3 Å². The highest BCUT2D eigenvalue weighted by atomic mass is 16.5. The fraction of sp³-hybridized carbons (Fsp3) is 0.562. The lowest BCUT2D eigenvalue weighted by Crippen LogP contribution is -2.37. The van der Waals surface area contributed by atoms with Gasteiger partial charge in [-0.1, -0.05) is 18.9 Å². The van der Waals surface area contributed by atoms with E-state index in [2.05, 4.69) is 0 Å². The van der Waals surface area contributed by atoms with E-state index in [0.717, 1.165) is 18.4 Å². The molecule has 21 heavy (non-hydrogen) atoms. The molecule has 0 aliphatic heterocycles. The maximum absolute atomic E-state index is 11.1. The number of carbonyl (C=O) groups is 1. The first-order chi connectivity index (χ1) is 10.1. The van der Waals surface area contributed by atoms with Crippen LogP contribution in [0.2, 0.25) is 0 Å². The monoisotopic (exact) mass is 293 g/mol. The summed E-state index contributed by atoms with van der Waals surface area (Å²) in [6, 6.07) is 5.56. The summed E-state index contributed by atoms with van der Waals surface area (Å²) in [7, 11) is 0. The van der Waals surface area contributed by atoms with Gasteiger partial charge in [0.1, 0.15) is 0 Å². The van der Waals surface area contributed by atoms with E-state index in [4.69, 9.17) is 9.84 Å². The van der Waals surface area contributed by atoms with E-state index in [1.165, 1.54) is 12.8 Å². The van der Waals surface area contributed by atoms with Gasteiger partial charge in [0.2, 0.25) is 0 Å². The summed E-state index contributed by atoms with van der Waals surface area (Å²) >= 11 is 0. The van der Waals surface area contributed by atoms with Crippen molar-refractivity contribution in [2.45, 2.75) is 45.2 Å². The van der Waals surface area contributed by atoms with Crippen LogP contribution in [0.15, 0.2) is 18.2 Å².